The van der Waals surface area contributed by atoms with Crippen LogP contribution in [0.15, 0.2) is 24.3 Å². The van der Waals surface area contributed by atoms with E-state index in [-0.39, 0.29) is 0 Å². The van der Waals surface area contributed by atoms with Gasteiger partial charge in [0.05, 0.1) is 6.10 Å². The highest BCUT2D eigenvalue weighted by atomic mass is 79.9. The van der Waals surface area contributed by atoms with Crippen LogP contribution in [0, 0.1) is 0 Å². The molecule has 0 amide bonds. The van der Waals surface area contributed by atoms with E-state index in [1.807, 2.05) is 7.11 Å². The van der Waals surface area contributed by atoms with Crippen LogP contribution in [-0.4, -0.2) is 26.3 Å². The van der Waals surface area contributed by atoms with Crippen LogP contribution in [0.1, 0.15) is 18.4 Å². The van der Waals surface area contributed by atoms with E-state index in [0.717, 1.165) is 18.4 Å². The molecule has 1 saturated heterocycles. The number of methoxy groups -OCH3 is 1. The summed E-state index contributed by atoms with van der Waals surface area (Å²) in [7, 11) is 1.81. The molecule has 1 aliphatic rings. The van der Waals surface area contributed by atoms with Crippen LogP contribution >= 0.6 is 15.9 Å². The first-order chi connectivity index (χ1) is 7.85. The Morgan fingerprint density at radius 3 is 3.00 bits per heavy atom. The lowest BCUT2D eigenvalue weighted by molar-refractivity contribution is 0.0893. The third kappa shape index (κ3) is 2.58. The summed E-state index contributed by atoms with van der Waals surface area (Å²) in [6.07, 6.45) is 2.79. The zero-order chi connectivity index (χ0) is 11.4. The molecule has 1 atom stereocenters. The summed E-state index contributed by atoms with van der Waals surface area (Å²) in [4.78, 5) is 2.44. The predicted octanol–water partition coefficient (Wildman–Crippen LogP) is 3.20. The van der Waals surface area contributed by atoms with Crippen LogP contribution < -0.4 is 4.90 Å². The van der Waals surface area contributed by atoms with Crippen molar-refractivity contribution in [3.63, 3.8) is 0 Å². The van der Waals surface area contributed by atoms with Crippen molar-refractivity contribution < 1.29 is 4.74 Å². The van der Waals surface area contributed by atoms with Gasteiger partial charge < -0.3 is 9.64 Å². The van der Waals surface area contributed by atoms with Gasteiger partial charge in [-0.25, -0.2) is 0 Å². The molecule has 1 aliphatic heterocycles. The molecule has 0 spiro atoms. The van der Waals surface area contributed by atoms with E-state index in [1.54, 1.807) is 0 Å². The predicted molar refractivity (Wildman–Crippen MR) is 71.3 cm³/mol. The molecule has 0 radical (unpaired) electrons. The van der Waals surface area contributed by atoms with Gasteiger partial charge in [0.15, 0.2) is 0 Å². The number of benzene rings is 1. The molecule has 1 aromatic carbocycles. The van der Waals surface area contributed by atoms with E-state index < -0.39 is 0 Å². The Kier molecular flexibility index (Phi) is 4.24. The van der Waals surface area contributed by atoms with Crippen molar-refractivity contribution in [2.24, 2.45) is 0 Å². The van der Waals surface area contributed by atoms with Crippen molar-refractivity contribution in [2.45, 2.75) is 24.3 Å². The Bertz CT molecular complexity index is 342. The molecule has 3 heteroatoms. The van der Waals surface area contributed by atoms with Gasteiger partial charge in [-0.05, 0) is 24.5 Å². The summed E-state index contributed by atoms with van der Waals surface area (Å²) in [6, 6.07) is 8.59. The van der Waals surface area contributed by atoms with Crippen molar-refractivity contribution in [3.8, 4) is 0 Å². The highest BCUT2D eigenvalue weighted by molar-refractivity contribution is 9.08. The Labute approximate surface area is 106 Å². The summed E-state index contributed by atoms with van der Waals surface area (Å²) >= 11 is 3.55. The number of hydrogen-bond donors (Lipinski definition) is 0. The third-order valence-electron chi connectivity index (χ3n) is 3.19. The number of rotatable bonds is 3. The number of alkyl halides is 1. The van der Waals surface area contributed by atoms with E-state index in [4.69, 9.17) is 4.74 Å². The second-order valence-electron chi connectivity index (χ2n) is 4.21. The first-order valence-electron chi connectivity index (χ1n) is 5.76. The maximum absolute atomic E-state index is 5.46. The number of para-hydroxylation sites is 1. The Morgan fingerprint density at radius 1 is 1.44 bits per heavy atom. The SMILES string of the molecule is COC1CCCN(c2ccccc2CBr)C1. The Morgan fingerprint density at radius 2 is 2.25 bits per heavy atom. The van der Waals surface area contributed by atoms with Gasteiger partial charge in [-0.3, -0.25) is 0 Å². The number of anilines is 1. The maximum atomic E-state index is 5.46. The molecule has 16 heavy (non-hydrogen) atoms. The number of ether oxygens (including phenoxy) is 1. The summed E-state index contributed by atoms with van der Waals surface area (Å²) in [5, 5.41) is 0.914. The molecular formula is C13H18BrNO. The van der Waals surface area contributed by atoms with Gasteiger partial charge in [-0.15, -0.1) is 0 Å². The van der Waals surface area contributed by atoms with Crippen LogP contribution in [-0.2, 0) is 10.1 Å². The van der Waals surface area contributed by atoms with E-state index in [2.05, 4.69) is 45.1 Å². The van der Waals surface area contributed by atoms with Gasteiger partial charge in [0.25, 0.3) is 0 Å². The zero-order valence-corrected chi connectivity index (χ0v) is 11.2. The van der Waals surface area contributed by atoms with Crippen molar-refractivity contribution in [1.29, 1.82) is 0 Å². The highest BCUT2D eigenvalue weighted by Crippen LogP contribution is 2.26. The molecule has 1 aromatic rings. The minimum Gasteiger partial charge on any atom is -0.380 e. The molecule has 0 bridgehead atoms. The fraction of sp³-hybridized carbons (Fsp3) is 0.538. The minimum absolute atomic E-state index is 0.386. The average molecular weight is 284 g/mol. The van der Waals surface area contributed by atoms with E-state index >= 15 is 0 Å². The van der Waals surface area contributed by atoms with Crippen LogP contribution in [0.2, 0.25) is 0 Å². The van der Waals surface area contributed by atoms with Gasteiger partial charge >= 0.3 is 0 Å². The quantitative estimate of drug-likeness (QED) is 0.790. The number of halogens is 1. The molecule has 0 saturated carbocycles. The van der Waals surface area contributed by atoms with Crippen LogP contribution in [0.5, 0.6) is 0 Å². The third-order valence-corrected chi connectivity index (χ3v) is 3.79. The Balaban J connectivity index is 2.16. The Hall–Kier alpha value is -0.540. The fourth-order valence-electron chi connectivity index (χ4n) is 2.28. The summed E-state index contributed by atoms with van der Waals surface area (Å²) in [6.45, 7) is 2.16. The lowest BCUT2D eigenvalue weighted by Gasteiger charge is -2.34. The number of hydrogen-bond acceptors (Lipinski definition) is 2. The first-order valence-corrected chi connectivity index (χ1v) is 6.89. The normalized spacial score (nSPS) is 21.1. The largest absolute Gasteiger partial charge is 0.380 e. The standard InChI is InChI=1S/C13H18BrNO/c1-16-12-6-4-8-15(10-12)13-7-3-2-5-11(13)9-14/h2-3,5,7,12H,4,6,8-10H2,1H3. The van der Waals surface area contributed by atoms with Crippen LogP contribution in [0.4, 0.5) is 5.69 Å². The van der Waals surface area contributed by atoms with Crippen molar-refractivity contribution >= 4 is 21.6 Å². The smallest absolute Gasteiger partial charge is 0.0746 e. The minimum atomic E-state index is 0.386. The van der Waals surface area contributed by atoms with Gasteiger partial charge in [-0.1, -0.05) is 34.1 Å². The van der Waals surface area contributed by atoms with Crippen molar-refractivity contribution in [2.75, 3.05) is 25.1 Å². The second kappa shape index (κ2) is 5.69. The van der Waals surface area contributed by atoms with Gasteiger partial charge in [-0.2, -0.15) is 0 Å². The monoisotopic (exact) mass is 283 g/mol. The molecule has 1 unspecified atom stereocenters. The van der Waals surface area contributed by atoms with Gasteiger partial charge in [0.1, 0.15) is 0 Å². The van der Waals surface area contributed by atoms with Crippen LogP contribution in [0.3, 0.4) is 0 Å². The molecule has 1 fully saturated rings. The molecule has 2 nitrogen and oxygen atoms in total. The van der Waals surface area contributed by atoms with E-state index in [1.165, 1.54) is 24.1 Å². The number of piperidine rings is 1. The van der Waals surface area contributed by atoms with Crippen LogP contribution in [0.25, 0.3) is 0 Å². The zero-order valence-electron chi connectivity index (χ0n) is 9.66. The molecule has 0 N–H and O–H groups in total. The first kappa shape index (κ1) is 11.9. The molecule has 88 valence electrons. The molecule has 1 heterocycles. The second-order valence-corrected chi connectivity index (χ2v) is 4.77. The summed E-state index contributed by atoms with van der Waals surface area (Å²) in [5.74, 6) is 0. The van der Waals surface area contributed by atoms with Crippen molar-refractivity contribution in [1.82, 2.24) is 0 Å². The topological polar surface area (TPSA) is 12.5 Å². The lowest BCUT2D eigenvalue weighted by atomic mass is 10.1. The maximum Gasteiger partial charge on any atom is 0.0746 e. The summed E-state index contributed by atoms with van der Waals surface area (Å²) < 4.78 is 5.46. The van der Waals surface area contributed by atoms with Gasteiger partial charge in [0.2, 0.25) is 0 Å². The molecule has 2 rings (SSSR count). The summed E-state index contributed by atoms with van der Waals surface area (Å²) in [5.41, 5.74) is 2.71. The molecular weight excluding hydrogens is 266 g/mol. The average Bonchev–Trinajstić information content (AvgIpc) is 2.38. The van der Waals surface area contributed by atoms with Gasteiger partial charge in [0, 0.05) is 31.2 Å². The van der Waals surface area contributed by atoms with Crippen molar-refractivity contribution in [3.05, 3.63) is 29.8 Å². The molecule has 0 aromatic heterocycles. The fourth-order valence-corrected chi connectivity index (χ4v) is 2.76. The lowest BCUT2D eigenvalue weighted by Crippen LogP contribution is -2.39. The molecule has 0 aliphatic carbocycles. The number of nitrogens with zero attached hydrogens (tertiary/aromatic N) is 1. The highest BCUT2D eigenvalue weighted by Gasteiger charge is 2.20. The van der Waals surface area contributed by atoms with E-state index in [0.29, 0.717) is 6.10 Å². The van der Waals surface area contributed by atoms with E-state index in [9.17, 15) is 0 Å².